The van der Waals surface area contributed by atoms with Crippen LogP contribution in [0, 0.1) is 0 Å². The molecule has 0 bridgehead atoms. The Kier molecular flexibility index (Phi) is 2.47. The molecule has 4 nitrogen and oxygen atoms in total. The Morgan fingerprint density at radius 1 is 1.31 bits per heavy atom. The zero-order valence-corrected chi connectivity index (χ0v) is 9.71. The second kappa shape index (κ2) is 3.68. The van der Waals surface area contributed by atoms with Gasteiger partial charge in [-0.15, -0.1) is 11.3 Å². The fourth-order valence-electron chi connectivity index (χ4n) is 1.46. The van der Waals surface area contributed by atoms with Gasteiger partial charge in [0.2, 0.25) is 0 Å². The van der Waals surface area contributed by atoms with E-state index in [0.717, 1.165) is 0 Å². The third-order valence-electron chi connectivity index (χ3n) is 2.27. The number of aromatic hydroxyl groups is 2. The third-order valence-corrected chi connectivity index (χ3v) is 3.40. The van der Waals surface area contributed by atoms with Crippen LogP contribution in [0.5, 0.6) is 11.5 Å². The van der Waals surface area contributed by atoms with Crippen molar-refractivity contribution in [2.24, 2.45) is 0 Å². The van der Waals surface area contributed by atoms with Crippen LogP contribution < -0.4 is 0 Å². The van der Waals surface area contributed by atoms with Crippen molar-refractivity contribution in [1.29, 1.82) is 0 Å². The van der Waals surface area contributed by atoms with Gasteiger partial charge in [-0.1, -0.05) is 6.07 Å². The molecule has 2 aromatic rings. The first-order valence-corrected chi connectivity index (χ1v) is 5.49. The van der Waals surface area contributed by atoms with Crippen LogP contribution in [-0.2, 0) is 0 Å². The van der Waals surface area contributed by atoms with Crippen molar-refractivity contribution < 1.29 is 15.0 Å². The van der Waals surface area contributed by atoms with Crippen LogP contribution in [-0.4, -0.2) is 35.1 Å². The highest BCUT2D eigenvalue weighted by Gasteiger charge is 2.20. The molecule has 5 heteroatoms. The van der Waals surface area contributed by atoms with Crippen LogP contribution in [0.2, 0.25) is 0 Å². The van der Waals surface area contributed by atoms with Gasteiger partial charge < -0.3 is 15.1 Å². The lowest BCUT2D eigenvalue weighted by atomic mass is 10.2. The molecule has 1 aromatic carbocycles. The molecule has 0 fully saturated rings. The summed E-state index contributed by atoms with van der Waals surface area (Å²) >= 11 is 1.17. The normalized spacial score (nSPS) is 10.6. The lowest BCUT2D eigenvalue weighted by Crippen LogP contribution is -2.20. The van der Waals surface area contributed by atoms with Gasteiger partial charge in [-0.2, -0.15) is 0 Å². The van der Waals surface area contributed by atoms with Crippen LogP contribution in [0.25, 0.3) is 10.1 Å². The van der Waals surface area contributed by atoms with E-state index in [0.29, 0.717) is 10.1 Å². The third kappa shape index (κ3) is 1.49. The smallest absolute Gasteiger partial charge is 0.267 e. The molecule has 2 N–H and O–H groups in total. The Morgan fingerprint density at radius 2 is 2.00 bits per heavy atom. The standard InChI is InChI=1S/C11H11NO3S/c1-12(2)11(15)10-9(14)8-6(13)4-3-5-7(8)16-10/h3-5,13-14H,1-2H3. The largest absolute Gasteiger partial charge is 0.507 e. The molecule has 0 spiro atoms. The first-order chi connectivity index (χ1) is 7.52. The van der Waals surface area contributed by atoms with Crippen molar-refractivity contribution in [1.82, 2.24) is 4.90 Å². The summed E-state index contributed by atoms with van der Waals surface area (Å²) in [7, 11) is 3.23. The fraction of sp³-hybridized carbons (Fsp3) is 0.182. The molecular formula is C11H11NO3S. The minimum absolute atomic E-state index is 0.0101. The summed E-state index contributed by atoms with van der Waals surface area (Å²) in [6.07, 6.45) is 0. The zero-order chi connectivity index (χ0) is 11.9. The van der Waals surface area contributed by atoms with Crippen LogP contribution >= 0.6 is 11.3 Å². The molecule has 0 radical (unpaired) electrons. The number of phenolic OH excluding ortho intramolecular Hbond substituents is 1. The van der Waals surface area contributed by atoms with Gasteiger partial charge in [0, 0.05) is 18.8 Å². The Labute approximate surface area is 96.4 Å². The fourth-order valence-corrected chi connectivity index (χ4v) is 2.60. The van der Waals surface area contributed by atoms with Crippen LogP contribution in [0.3, 0.4) is 0 Å². The van der Waals surface area contributed by atoms with Gasteiger partial charge in [0.25, 0.3) is 5.91 Å². The zero-order valence-electron chi connectivity index (χ0n) is 8.89. The summed E-state index contributed by atoms with van der Waals surface area (Å²) in [5.74, 6) is -0.418. The summed E-state index contributed by atoms with van der Waals surface area (Å²) in [4.78, 5) is 13.4. The van der Waals surface area contributed by atoms with Gasteiger partial charge in [-0.05, 0) is 12.1 Å². The number of rotatable bonds is 1. The van der Waals surface area contributed by atoms with Crippen molar-refractivity contribution in [2.75, 3.05) is 14.1 Å². The maximum absolute atomic E-state index is 11.7. The van der Waals surface area contributed by atoms with Crippen molar-refractivity contribution in [3.8, 4) is 11.5 Å². The molecule has 0 unspecified atom stereocenters. The lowest BCUT2D eigenvalue weighted by Gasteiger charge is -2.07. The molecular weight excluding hydrogens is 226 g/mol. The van der Waals surface area contributed by atoms with Gasteiger partial charge in [-0.25, -0.2) is 0 Å². The molecule has 1 amide bonds. The molecule has 1 aromatic heterocycles. The molecule has 0 saturated carbocycles. The van der Waals surface area contributed by atoms with E-state index in [1.54, 1.807) is 26.2 Å². The molecule has 0 aliphatic carbocycles. The van der Waals surface area contributed by atoms with Crippen molar-refractivity contribution >= 4 is 27.3 Å². The summed E-state index contributed by atoms with van der Waals surface area (Å²) in [5, 5.41) is 19.8. The van der Waals surface area contributed by atoms with Crippen molar-refractivity contribution in [2.45, 2.75) is 0 Å². The number of benzene rings is 1. The van der Waals surface area contributed by atoms with E-state index in [4.69, 9.17) is 0 Å². The maximum Gasteiger partial charge on any atom is 0.267 e. The number of nitrogens with zero attached hydrogens (tertiary/aromatic N) is 1. The molecule has 2 rings (SSSR count). The Morgan fingerprint density at radius 3 is 2.56 bits per heavy atom. The molecule has 0 saturated heterocycles. The second-order valence-corrected chi connectivity index (χ2v) is 4.68. The minimum atomic E-state index is -0.266. The Hall–Kier alpha value is -1.75. The highest BCUT2D eigenvalue weighted by molar-refractivity contribution is 7.21. The second-order valence-electron chi connectivity index (χ2n) is 3.63. The van der Waals surface area contributed by atoms with E-state index in [9.17, 15) is 15.0 Å². The SMILES string of the molecule is CN(C)C(=O)c1sc2cccc(O)c2c1O. The summed E-state index contributed by atoms with van der Waals surface area (Å²) in [6, 6.07) is 4.92. The quantitative estimate of drug-likeness (QED) is 0.797. The molecule has 0 aliphatic heterocycles. The summed E-state index contributed by atoms with van der Waals surface area (Å²) < 4.78 is 0.697. The molecule has 0 atom stereocenters. The number of fused-ring (bicyclic) bond motifs is 1. The van der Waals surface area contributed by atoms with Gasteiger partial charge in [0.15, 0.2) is 5.75 Å². The first-order valence-electron chi connectivity index (χ1n) is 4.67. The average molecular weight is 237 g/mol. The molecule has 0 aliphatic rings. The molecule has 16 heavy (non-hydrogen) atoms. The van der Waals surface area contributed by atoms with Crippen molar-refractivity contribution in [3.05, 3.63) is 23.1 Å². The van der Waals surface area contributed by atoms with Gasteiger partial charge in [0.1, 0.15) is 10.6 Å². The number of phenols is 1. The monoisotopic (exact) mass is 237 g/mol. The minimum Gasteiger partial charge on any atom is -0.507 e. The summed E-state index contributed by atoms with van der Waals surface area (Å²) in [5.41, 5.74) is 0. The average Bonchev–Trinajstić information content (AvgIpc) is 2.56. The van der Waals surface area contributed by atoms with E-state index >= 15 is 0 Å². The van der Waals surface area contributed by atoms with E-state index in [-0.39, 0.29) is 22.3 Å². The predicted octanol–water partition coefficient (Wildman–Crippen LogP) is 2.01. The van der Waals surface area contributed by atoms with E-state index in [1.165, 1.54) is 22.3 Å². The maximum atomic E-state index is 11.7. The Bertz CT molecular complexity index is 560. The van der Waals surface area contributed by atoms with Gasteiger partial charge in [-0.3, -0.25) is 4.79 Å². The predicted molar refractivity (Wildman–Crippen MR) is 63.2 cm³/mol. The van der Waals surface area contributed by atoms with Crippen LogP contribution in [0.1, 0.15) is 9.67 Å². The number of carbonyl (C=O) groups is 1. The number of amides is 1. The number of thiophene rings is 1. The van der Waals surface area contributed by atoms with Crippen molar-refractivity contribution in [3.63, 3.8) is 0 Å². The Balaban J connectivity index is 2.70. The number of hydrogen-bond donors (Lipinski definition) is 2. The highest BCUT2D eigenvalue weighted by Crippen LogP contribution is 2.41. The van der Waals surface area contributed by atoms with Crippen LogP contribution in [0.4, 0.5) is 0 Å². The highest BCUT2D eigenvalue weighted by atomic mass is 32.1. The number of hydrogen-bond acceptors (Lipinski definition) is 4. The number of carbonyl (C=O) groups excluding carboxylic acids is 1. The summed E-state index contributed by atoms with van der Waals surface area (Å²) in [6.45, 7) is 0. The first kappa shape index (κ1) is 10.8. The van der Waals surface area contributed by atoms with E-state index < -0.39 is 0 Å². The van der Waals surface area contributed by atoms with Gasteiger partial charge >= 0.3 is 0 Å². The lowest BCUT2D eigenvalue weighted by molar-refractivity contribution is 0.0830. The van der Waals surface area contributed by atoms with Crippen LogP contribution in [0.15, 0.2) is 18.2 Å². The molecule has 1 heterocycles. The topological polar surface area (TPSA) is 60.8 Å². The molecule has 84 valence electrons. The van der Waals surface area contributed by atoms with E-state index in [1.807, 2.05) is 0 Å². The van der Waals surface area contributed by atoms with E-state index in [2.05, 4.69) is 0 Å². The van der Waals surface area contributed by atoms with Gasteiger partial charge in [0.05, 0.1) is 5.39 Å².